The summed E-state index contributed by atoms with van der Waals surface area (Å²) >= 11 is 0. The summed E-state index contributed by atoms with van der Waals surface area (Å²) in [6.07, 6.45) is -7.41. The lowest BCUT2D eigenvalue weighted by atomic mass is 10.00. The zero-order valence-corrected chi connectivity index (χ0v) is 13.4. The van der Waals surface area contributed by atoms with E-state index in [9.17, 15) is 26.0 Å². The fraction of sp³-hybridized carbons (Fsp3) is 0.571. The van der Waals surface area contributed by atoms with E-state index in [4.69, 9.17) is 14.2 Å². The minimum absolute atomic E-state index is 0.108. The van der Waals surface area contributed by atoms with Crippen LogP contribution in [0.1, 0.15) is 11.9 Å². The minimum atomic E-state index is -5.98. The second-order valence-electron chi connectivity index (χ2n) is 5.53. The van der Waals surface area contributed by atoms with E-state index in [0.717, 1.165) is 0 Å². The van der Waals surface area contributed by atoms with Crippen LogP contribution in [-0.2, 0) is 28.5 Å². The molecule has 0 aromatic heterocycles. The number of ether oxygens (including phenoxy) is 3. The van der Waals surface area contributed by atoms with Gasteiger partial charge in [0.2, 0.25) is 0 Å². The normalized spacial score (nSPS) is 33.7. The van der Waals surface area contributed by atoms with Gasteiger partial charge >= 0.3 is 15.6 Å². The van der Waals surface area contributed by atoms with Crippen molar-refractivity contribution in [2.45, 2.75) is 36.3 Å². The van der Waals surface area contributed by atoms with E-state index in [2.05, 4.69) is 4.18 Å². The standard InChI is InChI=1S/C14H14F4O6S/c15-9-6-21-10-7-22-13(8-4-2-1-3-5-8)23-12(10)11(9)24-25(19,20)14(16,17)18/h1-5,9-13H,6-7H2/t9-,10-,11-,12?,13-/m1/s1. The second kappa shape index (κ2) is 6.80. The summed E-state index contributed by atoms with van der Waals surface area (Å²) in [6.45, 7) is -0.731. The second-order valence-corrected chi connectivity index (χ2v) is 7.09. The van der Waals surface area contributed by atoms with Crippen LogP contribution in [0.15, 0.2) is 30.3 Å². The molecule has 0 bridgehead atoms. The molecule has 2 aliphatic heterocycles. The maximum atomic E-state index is 14.1. The predicted octanol–water partition coefficient (Wildman–Crippen LogP) is 2.07. The highest BCUT2D eigenvalue weighted by Gasteiger charge is 2.54. The van der Waals surface area contributed by atoms with Crippen LogP contribution in [-0.4, -0.2) is 51.6 Å². The highest BCUT2D eigenvalue weighted by atomic mass is 32.2. The first-order valence-corrected chi connectivity index (χ1v) is 8.67. The van der Waals surface area contributed by atoms with Gasteiger partial charge in [-0.2, -0.15) is 21.6 Å². The Balaban J connectivity index is 1.82. The molecule has 25 heavy (non-hydrogen) atoms. The van der Waals surface area contributed by atoms with Crippen LogP contribution < -0.4 is 0 Å². The number of benzene rings is 1. The van der Waals surface area contributed by atoms with Crippen molar-refractivity contribution in [1.82, 2.24) is 0 Å². The average Bonchev–Trinajstić information content (AvgIpc) is 2.57. The molecule has 0 amide bonds. The van der Waals surface area contributed by atoms with Crippen molar-refractivity contribution in [2.24, 2.45) is 0 Å². The van der Waals surface area contributed by atoms with Gasteiger partial charge in [-0.15, -0.1) is 0 Å². The SMILES string of the molecule is O=S(=O)(O[C@H]1C2O[C@H](c3ccccc3)OC[C@H]2OC[C@H]1F)C(F)(F)F. The van der Waals surface area contributed by atoms with Crippen LogP contribution in [0, 0.1) is 0 Å². The Morgan fingerprint density at radius 1 is 1.08 bits per heavy atom. The molecule has 1 aromatic carbocycles. The van der Waals surface area contributed by atoms with Gasteiger partial charge in [-0.3, -0.25) is 4.18 Å². The van der Waals surface area contributed by atoms with E-state index < -0.39 is 53.0 Å². The molecular formula is C14H14F4O6S. The molecule has 0 radical (unpaired) electrons. The Kier molecular flexibility index (Phi) is 5.04. The van der Waals surface area contributed by atoms with E-state index in [1.54, 1.807) is 30.3 Å². The summed E-state index contributed by atoms with van der Waals surface area (Å²) in [6, 6.07) is 8.39. The van der Waals surface area contributed by atoms with Crippen LogP contribution in [0.25, 0.3) is 0 Å². The summed E-state index contributed by atoms with van der Waals surface area (Å²) in [5, 5.41) is 0. The van der Waals surface area contributed by atoms with Gasteiger partial charge in [-0.25, -0.2) is 4.39 Å². The molecule has 0 spiro atoms. The lowest BCUT2D eigenvalue weighted by Crippen LogP contribution is -2.58. The van der Waals surface area contributed by atoms with Crippen molar-refractivity contribution >= 4 is 10.1 Å². The molecule has 2 saturated heterocycles. The molecule has 2 fully saturated rings. The van der Waals surface area contributed by atoms with Gasteiger partial charge < -0.3 is 14.2 Å². The van der Waals surface area contributed by atoms with E-state index >= 15 is 0 Å². The van der Waals surface area contributed by atoms with Gasteiger partial charge in [0.1, 0.15) is 18.3 Å². The van der Waals surface area contributed by atoms with Gasteiger partial charge in [0, 0.05) is 5.56 Å². The maximum Gasteiger partial charge on any atom is 0.523 e. The van der Waals surface area contributed by atoms with Crippen molar-refractivity contribution in [3.05, 3.63) is 35.9 Å². The van der Waals surface area contributed by atoms with Crippen molar-refractivity contribution in [2.75, 3.05) is 13.2 Å². The molecule has 0 saturated carbocycles. The zero-order valence-electron chi connectivity index (χ0n) is 12.6. The summed E-state index contributed by atoms with van der Waals surface area (Å²) in [7, 11) is -5.98. The Morgan fingerprint density at radius 3 is 2.40 bits per heavy atom. The van der Waals surface area contributed by atoms with Crippen LogP contribution in [0.3, 0.4) is 0 Å². The zero-order chi connectivity index (χ0) is 18.2. The fourth-order valence-electron chi connectivity index (χ4n) is 2.60. The quantitative estimate of drug-likeness (QED) is 0.450. The van der Waals surface area contributed by atoms with Gasteiger partial charge in [-0.05, 0) is 0 Å². The predicted molar refractivity (Wildman–Crippen MR) is 74.5 cm³/mol. The first kappa shape index (κ1) is 18.5. The molecule has 3 rings (SSSR count). The molecule has 0 N–H and O–H groups in total. The third kappa shape index (κ3) is 3.80. The lowest BCUT2D eigenvalue weighted by molar-refractivity contribution is -0.305. The first-order chi connectivity index (χ1) is 11.7. The monoisotopic (exact) mass is 386 g/mol. The Hall–Kier alpha value is -1.27. The summed E-state index contributed by atoms with van der Waals surface area (Å²) in [4.78, 5) is 0. The summed E-state index contributed by atoms with van der Waals surface area (Å²) in [5.41, 5.74) is -5.12. The highest BCUT2D eigenvalue weighted by molar-refractivity contribution is 7.87. The van der Waals surface area contributed by atoms with Gasteiger partial charge in [-0.1, -0.05) is 30.3 Å². The Morgan fingerprint density at radius 2 is 1.76 bits per heavy atom. The molecule has 0 aliphatic carbocycles. The fourth-order valence-corrected chi connectivity index (χ4v) is 3.23. The molecule has 1 unspecified atom stereocenters. The summed E-state index contributed by atoms with van der Waals surface area (Å²) in [5.74, 6) is 0. The number of halogens is 4. The molecule has 140 valence electrons. The van der Waals surface area contributed by atoms with Gasteiger partial charge in [0.05, 0.1) is 13.2 Å². The third-order valence-electron chi connectivity index (χ3n) is 3.80. The van der Waals surface area contributed by atoms with E-state index in [1.807, 2.05) is 0 Å². The van der Waals surface area contributed by atoms with Crippen molar-refractivity contribution in [3.63, 3.8) is 0 Å². The molecular weight excluding hydrogens is 372 g/mol. The molecule has 2 heterocycles. The topological polar surface area (TPSA) is 71.1 Å². The molecule has 5 atom stereocenters. The number of rotatable bonds is 3. The maximum absolute atomic E-state index is 14.1. The highest BCUT2D eigenvalue weighted by Crippen LogP contribution is 2.36. The average molecular weight is 386 g/mol. The number of alkyl halides is 4. The first-order valence-electron chi connectivity index (χ1n) is 7.26. The van der Waals surface area contributed by atoms with Crippen LogP contribution in [0.4, 0.5) is 17.6 Å². The number of hydrogen-bond donors (Lipinski definition) is 0. The largest absolute Gasteiger partial charge is 0.523 e. The van der Waals surface area contributed by atoms with Gasteiger partial charge in [0.15, 0.2) is 12.5 Å². The Labute approximate surface area is 140 Å². The van der Waals surface area contributed by atoms with E-state index in [1.165, 1.54) is 0 Å². The van der Waals surface area contributed by atoms with Gasteiger partial charge in [0.25, 0.3) is 0 Å². The van der Waals surface area contributed by atoms with E-state index in [-0.39, 0.29) is 6.61 Å². The molecule has 6 nitrogen and oxygen atoms in total. The Bertz CT molecular complexity index is 695. The van der Waals surface area contributed by atoms with E-state index in [0.29, 0.717) is 5.56 Å². The summed E-state index contributed by atoms with van der Waals surface area (Å²) < 4.78 is 94.4. The number of fused-ring (bicyclic) bond motifs is 1. The molecule has 1 aromatic rings. The van der Waals surface area contributed by atoms with Crippen LogP contribution in [0.5, 0.6) is 0 Å². The van der Waals surface area contributed by atoms with Crippen LogP contribution in [0.2, 0.25) is 0 Å². The molecule has 11 heteroatoms. The van der Waals surface area contributed by atoms with Crippen molar-refractivity contribution in [1.29, 1.82) is 0 Å². The number of hydrogen-bond acceptors (Lipinski definition) is 6. The molecule has 2 aliphatic rings. The lowest BCUT2D eigenvalue weighted by Gasteiger charge is -2.43. The smallest absolute Gasteiger partial charge is 0.370 e. The van der Waals surface area contributed by atoms with Crippen LogP contribution >= 0.6 is 0 Å². The van der Waals surface area contributed by atoms with Crippen molar-refractivity contribution < 1.29 is 44.4 Å². The third-order valence-corrected chi connectivity index (χ3v) is 4.84. The van der Waals surface area contributed by atoms with Crippen molar-refractivity contribution in [3.8, 4) is 0 Å². The minimum Gasteiger partial charge on any atom is -0.370 e.